The minimum absolute atomic E-state index is 0.00119. The van der Waals surface area contributed by atoms with E-state index < -0.39 is 11.8 Å². The second-order valence-corrected chi connectivity index (χ2v) is 7.39. The van der Waals surface area contributed by atoms with Gasteiger partial charge in [0.15, 0.2) is 0 Å². The molecule has 136 valence electrons. The summed E-state index contributed by atoms with van der Waals surface area (Å²) >= 11 is 2.24. The Balaban J connectivity index is 2.01. The molecule has 27 heavy (non-hydrogen) atoms. The van der Waals surface area contributed by atoms with Crippen LogP contribution < -0.4 is 0 Å². The van der Waals surface area contributed by atoms with E-state index in [9.17, 15) is 14.9 Å². The molecule has 5 nitrogen and oxygen atoms in total. The van der Waals surface area contributed by atoms with E-state index in [0.717, 1.165) is 14.0 Å². The molecule has 2 aromatic rings. The lowest BCUT2D eigenvalue weighted by Gasteiger charge is -2.26. The number of carbonyl (C=O) groups excluding carboxylic acids is 2. The van der Waals surface area contributed by atoms with Crippen LogP contribution in [0.1, 0.15) is 26.0 Å². The van der Waals surface area contributed by atoms with Crippen molar-refractivity contribution in [2.24, 2.45) is 0 Å². The number of hydrogen-bond donors (Lipinski definition) is 0. The molecule has 0 N–H and O–H groups in total. The summed E-state index contributed by atoms with van der Waals surface area (Å²) in [6, 6.07) is 13.4. The Bertz CT molecular complexity index is 1010. The van der Waals surface area contributed by atoms with Crippen LogP contribution >= 0.6 is 22.6 Å². The normalized spacial score (nSPS) is 16.2. The summed E-state index contributed by atoms with van der Waals surface area (Å²) in [7, 11) is 0. The van der Waals surface area contributed by atoms with Gasteiger partial charge in [-0.2, -0.15) is 5.26 Å². The fourth-order valence-corrected chi connectivity index (χ4v) is 3.26. The van der Waals surface area contributed by atoms with Crippen molar-refractivity contribution in [3.05, 3.63) is 62.4 Å². The molecule has 0 saturated carbocycles. The van der Waals surface area contributed by atoms with Crippen molar-refractivity contribution in [3.8, 4) is 17.4 Å². The number of benzene rings is 1. The van der Waals surface area contributed by atoms with Crippen molar-refractivity contribution < 1.29 is 14.0 Å². The molecule has 1 aliphatic rings. The van der Waals surface area contributed by atoms with Gasteiger partial charge in [-0.15, -0.1) is 0 Å². The third-order valence-electron chi connectivity index (χ3n) is 4.31. The van der Waals surface area contributed by atoms with Gasteiger partial charge in [0.05, 0.1) is 0 Å². The number of imide groups is 1. The van der Waals surface area contributed by atoms with E-state index in [1.807, 2.05) is 43.3 Å². The summed E-state index contributed by atoms with van der Waals surface area (Å²) < 4.78 is 6.99. The maximum absolute atomic E-state index is 12.8. The molecule has 1 aliphatic heterocycles. The molecule has 0 bridgehead atoms. The smallest absolute Gasteiger partial charge is 0.271 e. The lowest BCUT2D eigenvalue weighted by atomic mass is 9.94. The first-order valence-electron chi connectivity index (χ1n) is 8.51. The average molecular weight is 472 g/mol. The third kappa shape index (κ3) is 3.74. The molecule has 0 unspecified atom stereocenters. The lowest BCUT2D eigenvalue weighted by Crippen LogP contribution is -2.43. The van der Waals surface area contributed by atoms with Crippen molar-refractivity contribution in [3.63, 3.8) is 0 Å². The maximum Gasteiger partial charge on any atom is 0.271 e. The first-order chi connectivity index (χ1) is 13.0. The second-order valence-electron chi connectivity index (χ2n) is 6.14. The fraction of sp³-hybridized carbons (Fsp3) is 0.190. The molecule has 1 aromatic heterocycles. The number of rotatable bonds is 4. The van der Waals surface area contributed by atoms with E-state index in [2.05, 4.69) is 22.6 Å². The number of nitrogens with zero attached hydrogens (tertiary/aromatic N) is 2. The highest BCUT2D eigenvalue weighted by Gasteiger charge is 2.34. The first-order valence-corrected chi connectivity index (χ1v) is 9.59. The summed E-state index contributed by atoms with van der Waals surface area (Å²) in [5.41, 5.74) is 1.62. The molecule has 0 radical (unpaired) electrons. The van der Waals surface area contributed by atoms with Crippen LogP contribution in [0.4, 0.5) is 0 Å². The van der Waals surface area contributed by atoms with Crippen LogP contribution in [0.15, 0.2) is 57.5 Å². The van der Waals surface area contributed by atoms with Crippen molar-refractivity contribution in [1.82, 2.24) is 4.90 Å². The Morgan fingerprint density at radius 2 is 1.85 bits per heavy atom. The Kier molecular flexibility index (Phi) is 5.61. The van der Waals surface area contributed by atoms with E-state index >= 15 is 0 Å². The number of furan rings is 1. The number of hydrogen-bond acceptors (Lipinski definition) is 4. The Morgan fingerprint density at radius 3 is 2.48 bits per heavy atom. The van der Waals surface area contributed by atoms with Gasteiger partial charge in [-0.05, 0) is 71.9 Å². The van der Waals surface area contributed by atoms with Crippen LogP contribution in [0, 0.1) is 14.9 Å². The summed E-state index contributed by atoms with van der Waals surface area (Å²) in [5.74, 6) is 0.253. The number of amides is 2. The molecule has 0 saturated heterocycles. The minimum Gasteiger partial charge on any atom is -0.457 e. The molecule has 3 rings (SSSR count). The highest BCUT2D eigenvalue weighted by atomic mass is 127. The molecule has 2 amide bonds. The van der Waals surface area contributed by atoms with E-state index in [0.29, 0.717) is 29.1 Å². The van der Waals surface area contributed by atoms with Crippen LogP contribution in [0.25, 0.3) is 17.4 Å². The molecule has 0 aliphatic carbocycles. The third-order valence-corrected chi connectivity index (χ3v) is 5.03. The van der Waals surface area contributed by atoms with Gasteiger partial charge in [0.25, 0.3) is 11.8 Å². The predicted molar refractivity (Wildman–Crippen MR) is 110 cm³/mol. The van der Waals surface area contributed by atoms with Gasteiger partial charge in [-0.1, -0.05) is 19.1 Å². The zero-order valence-corrected chi connectivity index (χ0v) is 17.1. The van der Waals surface area contributed by atoms with Gasteiger partial charge in [0.2, 0.25) is 0 Å². The van der Waals surface area contributed by atoms with Crippen molar-refractivity contribution in [2.45, 2.75) is 20.3 Å². The lowest BCUT2D eigenvalue weighted by molar-refractivity contribution is -0.140. The number of carbonyl (C=O) groups is 2. The zero-order valence-electron chi connectivity index (χ0n) is 15.0. The van der Waals surface area contributed by atoms with Crippen LogP contribution in [0.5, 0.6) is 0 Å². The average Bonchev–Trinajstić information content (AvgIpc) is 3.12. The fourth-order valence-electron chi connectivity index (χ4n) is 2.90. The van der Waals surface area contributed by atoms with E-state index in [1.54, 1.807) is 19.1 Å². The number of nitriles is 1. The van der Waals surface area contributed by atoms with Gasteiger partial charge in [-0.25, -0.2) is 0 Å². The summed E-state index contributed by atoms with van der Waals surface area (Å²) in [4.78, 5) is 26.2. The van der Waals surface area contributed by atoms with Crippen LogP contribution in [0.2, 0.25) is 0 Å². The molecular formula is C21H17IN2O3. The second kappa shape index (κ2) is 7.92. The highest BCUT2D eigenvalue weighted by molar-refractivity contribution is 14.1. The standard InChI is InChI=1S/C21H17IN2O3/c1-3-10-24-20(25)17(13(2)18(12-23)21(24)26)11-16-8-9-19(27-16)14-4-6-15(22)7-5-14/h4-9,11H,3,10H2,1-2H3/b17-11+. The summed E-state index contributed by atoms with van der Waals surface area (Å²) in [6.45, 7) is 3.77. The number of halogens is 1. The zero-order chi connectivity index (χ0) is 19.6. The molecule has 0 spiro atoms. The molecular weight excluding hydrogens is 455 g/mol. The van der Waals surface area contributed by atoms with Crippen LogP contribution in [0.3, 0.4) is 0 Å². The Morgan fingerprint density at radius 1 is 1.15 bits per heavy atom. The van der Waals surface area contributed by atoms with Gasteiger partial charge < -0.3 is 4.42 Å². The Hall–Kier alpha value is -2.66. The monoisotopic (exact) mass is 472 g/mol. The molecule has 0 atom stereocenters. The van der Waals surface area contributed by atoms with Gasteiger partial charge in [-0.3, -0.25) is 14.5 Å². The predicted octanol–water partition coefficient (Wildman–Crippen LogP) is 4.55. The largest absolute Gasteiger partial charge is 0.457 e. The highest BCUT2D eigenvalue weighted by Crippen LogP contribution is 2.29. The SMILES string of the molecule is CCCN1C(=O)C(C#N)=C(C)/C(=C\c2ccc(-c3ccc(I)cc3)o2)C1=O. The van der Waals surface area contributed by atoms with Crippen LogP contribution in [-0.2, 0) is 9.59 Å². The molecule has 6 heteroatoms. The van der Waals surface area contributed by atoms with E-state index in [1.165, 1.54) is 0 Å². The van der Waals surface area contributed by atoms with Crippen LogP contribution in [-0.4, -0.2) is 23.3 Å². The topological polar surface area (TPSA) is 74.3 Å². The molecule has 0 fully saturated rings. The quantitative estimate of drug-likeness (QED) is 0.372. The molecule has 2 heterocycles. The summed E-state index contributed by atoms with van der Waals surface area (Å²) in [6.07, 6.45) is 2.22. The van der Waals surface area contributed by atoms with Gasteiger partial charge in [0.1, 0.15) is 23.2 Å². The minimum atomic E-state index is -0.530. The van der Waals surface area contributed by atoms with Gasteiger partial charge >= 0.3 is 0 Å². The first kappa shape index (κ1) is 19.1. The van der Waals surface area contributed by atoms with Crippen molar-refractivity contribution >= 4 is 40.5 Å². The maximum atomic E-state index is 12.8. The van der Waals surface area contributed by atoms with E-state index in [-0.39, 0.29) is 12.1 Å². The van der Waals surface area contributed by atoms with Crippen molar-refractivity contribution in [1.29, 1.82) is 5.26 Å². The van der Waals surface area contributed by atoms with E-state index in [4.69, 9.17) is 4.42 Å². The molecule has 1 aromatic carbocycles. The van der Waals surface area contributed by atoms with Gasteiger partial charge in [0, 0.05) is 21.3 Å². The summed E-state index contributed by atoms with van der Waals surface area (Å²) in [5, 5.41) is 9.35. The Labute approximate surface area is 171 Å². The van der Waals surface area contributed by atoms with Crippen molar-refractivity contribution in [2.75, 3.05) is 6.54 Å².